The van der Waals surface area contributed by atoms with E-state index < -0.39 is 16.0 Å². The van der Waals surface area contributed by atoms with Gasteiger partial charge in [0.2, 0.25) is 5.96 Å². The summed E-state index contributed by atoms with van der Waals surface area (Å²) in [5, 5.41) is 17.8. The molecule has 4 aliphatic rings. The molecular weight excluding hydrogens is 552 g/mol. The number of anilines is 3. The van der Waals surface area contributed by atoms with Gasteiger partial charge < -0.3 is 35.7 Å². The van der Waals surface area contributed by atoms with E-state index in [1.807, 2.05) is 25.1 Å². The minimum absolute atomic E-state index is 0.262. The summed E-state index contributed by atoms with van der Waals surface area (Å²) in [6, 6.07) is 9.31. The van der Waals surface area contributed by atoms with Crippen LogP contribution < -0.4 is 25.6 Å². The maximum atomic E-state index is 13.7. The Balaban J connectivity index is 1.34. The number of aromatic nitrogens is 1. The number of aryl methyl sites for hydroxylation is 1. The Hall–Kier alpha value is -3.77. The van der Waals surface area contributed by atoms with Crippen molar-refractivity contribution in [3.8, 4) is 0 Å². The number of hydrogen-bond donors (Lipinski definition) is 6. The fourth-order valence-electron chi connectivity index (χ4n) is 6.52. The van der Waals surface area contributed by atoms with E-state index in [4.69, 9.17) is 10.1 Å². The van der Waals surface area contributed by atoms with Crippen molar-refractivity contribution >= 4 is 50.8 Å². The summed E-state index contributed by atoms with van der Waals surface area (Å²) in [6.07, 6.45) is 2.89. The van der Waals surface area contributed by atoms with Crippen LogP contribution in [0.2, 0.25) is 0 Å². The number of benzene rings is 1. The number of rotatable bonds is 4. The van der Waals surface area contributed by atoms with Crippen LogP contribution in [0.5, 0.6) is 0 Å². The molecule has 3 atom stereocenters. The zero-order valence-electron chi connectivity index (χ0n) is 24.4. The molecule has 2 unspecified atom stereocenters. The van der Waals surface area contributed by atoms with E-state index in [1.165, 1.54) is 6.21 Å². The van der Waals surface area contributed by atoms with Crippen LogP contribution in [0.25, 0.3) is 5.57 Å². The monoisotopic (exact) mass is 592 g/mol. The van der Waals surface area contributed by atoms with Crippen LogP contribution in [0, 0.1) is 30.1 Å². The number of ether oxygens (including phenoxy) is 1. The van der Waals surface area contributed by atoms with Gasteiger partial charge in [0.05, 0.1) is 29.2 Å². The van der Waals surface area contributed by atoms with Gasteiger partial charge in [-0.25, -0.2) is 0 Å². The van der Waals surface area contributed by atoms with E-state index in [9.17, 15) is 9.00 Å². The molecule has 0 aliphatic carbocycles. The van der Waals surface area contributed by atoms with Gasteiger partial charge in [-0.15, -0.1) is 0 Å². The van der Waals surface area contributed by atoms with Gasteiger partial charge in [0.25, 0.3) is 5.91 Å². The van der Waals surface area contributed by atoms with Crippen LogP contribution in [0.1, 0.15) is 41.5 Å². The molecule has 0 spiro atoms. The minimum atomic E-state index is -2.52. The molecule has 0 radical (unpaired) electrons. The van der Waals surface area contributed by atoms with Crippen molar-refractivity contribution in [1.82, 2.24) is 15.6 Å². The Morgan fingerprint density at radius 3 is 2.71 bits per heavy atom. The number of pyridine rings is 1. The fourth-order valence-corrected chi connectivity index (χ4v) is 9.83. The molecule has 42 heavy (non-hydrogen) atoms. The van der Waals surface area contributed by atoms with Crippen LogP contribution in [0.15, 0.2) is 41.2 Å². The first-order valence-corrected chi connectivity index (χ1v) is 16.8. The zero-order valence-corrected chi connectivity index (χ0v) is 25.3. The minimum Gasteiger partial charge on any atom is -0.479 e. The number of carbonyl (C=O) groups excluding carboxylic acids is 1. The molecule has 5 heterocycles. The third-order valence-corrected chi connectivity index (χ3v) is 11.3. The van der Waals surface area contributed by atoms with E-state index in [1.54, 1.807) is 19.2 Å². The Kier molecular flexibility index (Phi) is 7.75. The van der Waals surface area contributed by atoms with Gasteiger partial charge in [-0.05, 0) is 91.1 Å². The molecule has 11 nitrogen and oxygen atoms in total. The first-order chi connectivity index (χ1) is 20.2. The van der Waals surface area contributed by atoms with Gasteiger partial charge in [-0.1, -0.05) is 6.92 Å². The maximum absolute atomic E-state index is 13.7. The smallest absolute Gasteiger partial charge is 0.280 e. The van der Waals surface area contributed by atoms with Crippen molar-refractivity contribution in [2.75, 3.05) is 59.7 Å². The molecule has 4 aliphatic heterocycles. The standard InChI is InChI=1S/C30H40N8O3S/c1-18-5-4-8-41-29(32-3)24(12-31)26-10-20(9-19(2)34-26)28(39)36-30-35-25-7-6-23(11-27(25)38(30)15-18)37-42(40)16-21-13-33-14-22(21)17-42/h6-7,9-12,18,21-22,31-33,42H,4-5,8,13-17H2,1-3H3,(H,37,40)(H,35,36,39)/b29-24-,31-12?/t18-,21?,22?/m1/s1. The molecule has 6 rings (SSSR count). The maximum Gasteiger partial charge on any atom is 0.280 e. The molecule has 5 N–H and O–H groups in total. The average Bonchev–Trinajstić information content (AvgIpc) is 3.61. The molecule has 0 saturated carbocycles. The molecule has 1 aromatic heterocycles. The van der Waals surface area contributed by atoms with Gasteiger partial charge in [-0.2, -0.15) is 4.99 Å². The van der Waals surface area contributed by atoms with E-state index >= 15 is 0 Å². The SMILES string of the molecule is CN/C1=C(\C=N)c2cc(cc(C)n2)C(=O)/N=C2\Nc3ccc(N[SH]4(=O)CC5CNCC5C4)cc3N2C[C@H](C)CCCO1. The lowest BCUT2D eigenvalue weighted by Crippen LogP contribution is -2.35. The number of nitrogens with one attached hydrogen (secondary N) is 5. The second-order valence-electron chi connectivity index (χ2n) is 11.9. The van der Waals surface area contributed by atoms with Crippen molar-refractivity contribution in [2.45, 2.75) is 26.7 Å². The van der Waals surface area contributed by atoms with E-state index in [2.05, 4.69) is 42.5 Å². The fraction of sp³-hybridized carbons (Fsp3) is 0.467. The molecule has 2 fully saturated rings. The highest BCUT2D eigenvalue weighted by Gasteiger charge is 2.41. The number of guanidine groups is 1. The first-order valence-electron chi connectivity index (χ1n) is 14.7. The highest BCUT2D eigenvalue weighted by atomic mass is 32.3. The third-order valence-electron chi connectivity index (χ3n) is 8.54. The van der Waals surface area contributed by atoms with Crippen LogP contribution in [0.4, 0.5) is 17.1 Å². The summed E-state index contributed by atoms with van der Waals surface area (Å²) in [5.74, 6) is 3.18. The lowest BCUT2D eigenvalue weighted by Gasteiger charge is -2.25. The summed E-state index contributed by atoms with van der Waals surface area (Å²) in [4.78, 5) is 24.8. The number of fused-ring (bicyclic) bond motifs is 6. The summed E-state index contributed by atoms with van der Waals surface area (Å²) >= 11 is 0. The highest BCUT2D eigenvalue weighted by Crippen LogP contribution is 2.39. The van der Waals surface area contributed by atoms with Crippen molar-refractivity contribution in [3.05, 3.63) is 53.2 Å². The molecule has 2 saturated heterocycles. The average molecular weight is 593 g/mol. The number of allylic oxidation sites excluding steroid dienone is 1. The Morgan fingerprint density at radius 2 is 1.98 bits per heavy atom. The molecule has 2 aromatic rings. The third kappa shape index (κ3) is 5.65. The van der Waals surface area contributed by atoms with Gasteiger partial charge in [0.15, 0.2) is 5.88 Å². The van der Waals surface area contributed by atoms with E-state index in [0.29, 0.717) is 59.4 Å². The largest absolute Gasteiger partial charge is 0.479 e. The summed E-state index contributed by atoms with van der Waals surface area (Å²) in [7, 11) is -0.769. The van der Waals surface area contributed by atoms with Crippen LogP contribution >= 0.6 is 0 Å². The Morgan fingerprint density at radius 1 is 1.19 bits per heavy atom. The lowest BCUT2D eigenvalue weighted by molar-refractivity contribution is 0.100. The van der Waals surface area contributed by atoms with Crippen molar-refractivity contribution in [3.63, 3.8) is 0 Å². The predicted octanol–water partition coefficient (Wildman–Crippen LogP) is 3.00. The first kappa shape index (κ1) is 28.4. The summed E-state index contributed by atoms with van der Waals surface area (Å²) in [5.41, 5.74) is 4.55. The molecular formula is C30H40N8O3S. The van der Waals surface area contributed by atoms with E-state index in [-0.39, 0.29) is 5.92 Å². The van der Waals surface area contributed by atoms with Gasteiger partial charge >= 0.3 is 0 Å². The molecule has 12 heteroatoms. The number of hydrogen-bond acceptors (Lipinski definition) is 9. The second-order valence-corrected chi connectivity index (χ2v) is 14.6. The van der Waals surface area contributed by atoms with Crippen molar-refractivity contribution < 1.29 is 13.7 Å². The van der Waals surface area contributed by atoms with Crippen LogP contribution in [-0.2, 0) is 14.9 Å². The number of aliphatic imine (C=N–C) groups is 1. The summed E-state index contributed by atoms with van der Waals surface area (Å²) in [6.45, 7) is 7.01. The normalized spacial score (nSPS) is 28.9. The van der Waals surface area contributed by atoms with Crippen molar-refractivity contribution in [2.24, 2.45) is 22.7 Å². The van der Waals surface area contributed by atoms with Crippen LogP contribution in [-0.4, -0.2) is 72.1 Å². The van der Waals surface area contributed by atoms with Gasteiger partial charge in [0.1, 0.15) is 0 Å². The molecule has 224 valence electrons. The zero-order chi connectivity index (χ0) is 29.4. The van der Waals surface area contributed by atoms with Gasteiger partial charge in [-0.3, -0.25) is 14.0 Å². The van der Waals surface area contributed by atoms with E-state index in [0.717, 1.165) is 54.5 Å². The Labute approximate surface area is 247 Å². The number of amides is 1. The number of thiol groups is 1. The molecule has 2 bridgehead atoms. The predicted molar refractivity (Wildman–Crippen MR) is 170 cm³/mol. The Bertz CT molecular complexity index is 1510. The van der Waals surface area contributed by atoms with Crippen LogP contribution in [0.3, 0.4) is 0 Å². The topological polar surface area (TPSA) is 144 Å². The van der Waals surface area contributed by atoms with Gasteiger partial charge in [0, 0.05) is 48.3 Å². The summed E-state index contributed by atoms with van der Waals surface area (Å²) < 4.78 is 23.2. The second kappa shape index (κ2) is 11.5. The lowest BCUT2D eigenvalue weighted by atomic mass is 10.0. The number of nitrogens with zero attached hydrogens (tertiary/aromatic N) is 3. The van der Waals surface area contributed by atoms with Crippen molar-refractivity contribution in [1.29, 1.82) is 5.41 Å². The molecule has 1 amide bonds. The number of carbonyl (C=O) groups is 1. The highest BCUT2D eigenvalue weighted by molar-refractivity contribution is 8.04. The quantitative estimate of drug-likeness (QED) is 0.235. The molecule has 1 aromatic carbocycles.